The molecule has 10 heavy (non-hydrogen) atoms. The molecule has 0 bridgehead atoms. The third-order valence-corrected chi connectivity index (χ3v) is 2.31. The van der Waals surface area contributed by atoms with E-state index in [1.165, 1.54) is 9.21 Å². The fourth-order valence-electron chi connectivity index (χ4n) is 0.809. The molecule has 0 spiro atoms. The Hall–Kier alpha value is 0.580. The highest BCUT2D eigenvalue weighted by Gasteiger charge is 2.10. The normalized spacial score (nSPS) is 24.3. The van der Waals surface area contributed by atoms with Crippen LogP contribution in [0.3, 0.4) is 0 Å². The molecule has 0 aliphatic carbocycles. The summed E-state index contributed by atoms with van der Waals surface area (Å²) in [4.78, 5) is 0. The minimum absolute atomic E-state index is 0.271. The van der Waals surface area contributed by atoms with Crippen LogP contribution in [0.1, 0.15) is 12.8 Å². The summed E-state index contributed by atoms with van der Waals surface area (Å²) < 4.78 is 10.4. The first kappa shape index (κ1) is 8.67. The molecule has 58 valence electrons. The van der Waals surface area contributed by atoms with Gasteiger partial charge in [0, 0.05) is 21.2 Å². The summed E-state index contributed by atoms with van der Waals surface area (Å²) in [6.07, 6.45) is 6.25. The molecule has 1 rings (SSSR count). The standard InChI is InChI=1S/C6H9IO2S/c7-10-9-5-6-3-1-2-4-8-6/h2,4,6H,1,3,5H2. The smallest absolute Gasteiger partial charge is 0.123 e. The monoisotopic (exact) mass is 272 g/mol. The van der Waals surface area contributed by atoms with E-state index in [0.29, 0.717) is 6.61 Å². The topological polar surface area (TPSA) is 18.5 Å². The molecule has 0 saturated heterocycles. The fourth-order valence-corrected chi connectivity index (χ4v) is 1.45. The Bertz CT molecular complexity index is 118. The largest absolute Gasteiger partial charge is 0.496 e. The summed E-state index contributed by atoms with van der Waals surface area (Å²) in [5.74, 6) is 0. The maximum Gasteiger partial charge on any atom is 0.123 e. The zero-order valence-corrected chi connectivity index (χ0v) is 8.43. The lowest BCUT2D eigenvalue weighted by Crippen LogP contribution is -2.17. The first-order valence-corrected chi connectivity index (χ1v) is 6.42. The van der Waals surface area contributed by atoms with Crippen LogP contribution >= 0.6 is 30.4 Å². The third kappa shape index (κ3) is 3.12. The van der Waals surface area contributed by atoms with E-state index in [-0.39, 0.29) is 6.10 Å². The fraction of sp³-hybridized carbons (Fsp3) is 0.667. The molecule has 1 aliphatic rings. The van der Waals surface area contributed by atoms with E-state index in [1.54, 1.807) is 6.26 Å². The van der Waals surface area contributed by atoms with E-state index in [1.807, 2.05) is 6.08 Å². The number of ether oxygens (including phenoxy) is 1. The average molecular weight is 272 g/mol. The van der Waals surface area contributed by atoms with Crippen LogP contribution in [0.4, 0.5) is 0 Å². The zero-order valence-electron chi connectivity index (χ0n) is 5.46. The molecule has 0 saturated carbocycles. The summed E-state index contributed by atoms with van der Waals surface area (Å²) >= 11 is 2.10. The van der Waals surface area contributed by atoms with E-state index in [4.69, 9.17) is 8.92 Å². The van der Waals surface area contributed by atoms with Crippen molar-refractivity contribution < 1.29 is 8.92 Å². The van der Waals surface area contributed by atoms with Crippen molar-refractivity contribution in [2.75, 3.05) is 6.61 Å². The van der Waals surface area contributed by atoms with Gasteiger partial charge >= 0.3 is 0 Å². The molecule has 0 aromatic rings. The van der Waals surface area contributed by atoms with Gasteiger partial charge in [-0.05, 0) is 18.9 Å². The molecule has 0 fully saturated rings. The Morgan fingerprint density at radius 1 is 1.80 bits per heavy atom. The second-order valence-electron chi connectivity index (χ2n) is 2.05. The summed E-state index contributed by atoms with van der Waals surface area (Å²) in [5, 5.41) is 0. The molecule has 2 nitrogen and oxygen atoms in total. The molecule has 0 radical (unpaired) electrons. The highest BCUT2D eigenvalue weighted by molar-refractivity contribution is 14.2. The highest BCUT2D eigenvalue weighted by Crippen LogP contribution is 2.16. The van der Waals surface area contributed by atoms with Gasteiger partial charge in [-0.15, -0.1) is 0 Å². The van der Waals surface area contributed by atoms with E-state index in [9.17, 15) is 0 Å². The van der Waals surface area contributed by atoms with E-state index in [0.717, 1.165) is 12.8 Å². The number of hydrogen-bond acceptors (Lipinski definition) is 3. The maximum atomic E-state index is 5.26. The van der Waals surface area contributed by atoms with Crippen LogP contribution in [0.15, 0.2) is 12.3 Å². The summed E-state index contributed by atoms with van der Waals surface area (Å²) in [6, 6.07) is 0. The van der Waals surface area contributed by atoms with Crippen molar-refractivity contribution in [2.24, 2.45) is 0 Å². The lowest BCUT2D eigenvalue weighted by Gasteiger charge is -2.17. The van der Waals surface area contributed by atoms with Crippen LogP contribution in [-0.2, 0) is 8.92 Å². The van der Waals surface area contributed by atoms with E-state index >= 15 is 0 Å². The first-order chi connectivity index (χ1) is 4.93. The van der Waals surface area contributed by atoms with Crippen molar-refractivity contribution in [3.05, 3.63) is 12.3 Å². The summed E-state index contributed by atoms with van der Waals surface area (Å²) in [5.41, 5.74) is 0. The molecule has 0 amide bonds. The predicted molar refractivity (Wildman–Crippen MR) is 50.8 cm³/mol. The van der Waals surface area contributed by atoms with Gasteiger partial charge in [0.25, 0.3) is 0 Å². The maximum absolute atomic E-state index is 5.26. The molecule has 1 unspecified atom stereocenters. The van der Waals surface area contributed by atoms with Gasteiger partial charge < -0.3 is 8.92 Å². The molecule has 0 aromatic carbocycles. The summed E-state index contributed by atoms with van der Waals surface area (Å²) in [7, 11) is 1.36. The van der Waals surface area contributed by atoms with E-state index < -0.39 is 0 Å². The Labute approximate surface area is 77.1 Å². The highest BCUT2D eigenvalue weighted by atomic mass is 127. The van der Waals surface area contributed by atoms with Gasteiger partial charge in [-0.2, -0.15) is 0 Å². The van der Waals surface area contributed by atoms with Gasteiger partial charge in [-0.25, -0.2) is 0 Å². The lowest BCUT2D eigenvalue weighted by atomic mass is 10.2. The molecule has 1 aliphatic heterocycles. The molecule has 0 aromatic heterocycles. The number of hydrogen-bond donors (Lipinski definition) is 0. The third-order valence-electron chi connectivity index (χ3n) is 1.32. The molecule has 0 N–H and O–H groups in total. The molecular weight excluding hydrogens is 263 g/mol. The Morgan fingerprint density at radius 3 is 3.30 bits per heavy atom. The molecular formula is C6H9IO2S. The van der Waals surface area contributed by atoms with Gasteiger partial charge in [0.05, 0.1) is 22.1 Å². The van der Waals surface area contributed by atoms with Crippen molar-refractivity contribution >= 4 is 30.4 Å². The lowest BCUT2D eigenvalue weighted by molar-refractivity contribution is 0.0823. The molecule has 4 heteroatoms. The van der Waals surface area contributed by atoms with Gasteiger partial charge in [0.15, 0.2) is 0 Å². The van der Waals surface area contributed by atoms with E-state index in [2.05, 4.69) is 21.2 Å². The quantitative estimate of drug-likeness (QED) is 0.581. The minimum Gasteiger partial charge on any atom is -0.496 e. The second kappa shape index (κ2) is 5.26. The van der Waals surface area contributed by atoms with Crippen LogP contribution in [0, 0.1) is 0 Å². The van der Waals surface area contributed by atoms with Crippen molar-refractivity contribution in [1.82, 2.24) is 0 Å². The van der Waals surface area contributed by atoms with Crippen molar-refractivity contribution in [2.45, 2.75) is 18.9 Å². The minimum atomic E-state index is 0.271. The van der Waals surface area contributed by atoms with Crippen LogP contribution in [0.25, 0.3) is 0 Å². The Morgan fingerprint density at radius 2 is 2.70 bits per heavy atom. The van der Waals surface area contributed by atoms with Crippen LogP contribution in [-0.4, -0.2) is 12.7 Å². The first-order valence-electron chi connectivity index (χ1n) is 3.14. The summed E-state index contributed by atoms with van der Waals surface area (Å²) in [6.45, 7) is 0.692. The number of allylic oxidation sites excluding steroid dienone is 1. The van der Waals surface area contributed by atoms with Crippen molar-refractivity contribution in [3.8, 4) is 0 Å². The van der Waals surface area contributed by atoms with Gasteiger partial charge in [0.1, 0.15) is 6.10 Å². The Balaban J connectivity index is 2.10. The van der Waals surface area contributed by atoms with Crippen molar-refractivity contribution in [1.29, 1.82) is 0 Å². The van der Waals surface area contributed by atoms with Crippen LogP contribution in [0.2, 0.25) is 0 Å². The SMILES string of the molecule is ISOCC1CCC=CO1. The van der Waals surface area contributed by atoms with Gasteiger partial charge in [-0.3, -0.25) is 0 Å². The zero-order chi connectivity index (χ0) is 7.23. The van der Waals surface area contributed by atoms with Gasteiger partial charge in [-0.1, -0.05) is 0 Å². The molecule has 1 heterocycles. The van der Waals surface area contributed by atoms with Gasteiger partial charge in [0.2, 0.25) is 0 Å². The molecule has 1 atom stereocenters. The predicted octanol–water partition coefficient (Wildman–Crippen LogP) is 2.69. The number of rotatable bonds is 3. The number of halogens is 1. The second-order valence-corrected chi connectivity index (χ2v) is 3.50. The van der Waals surface area contributed by atoms with Crippen LogP contribution < -0.4 is 0 Å². The Kier molecular flexibility index (Phi) is 4.56. The van der Waals surface area contributed by atoms with Crippen molar-refractivity contribution in [3.63, 3.8) is 0 Å². The average Bonchev–Trinajstić information content (AvgIpc) is 2.03. The van der Waals surface area contributed by atoms with Crippen LogP contribution in [0.5, 0.6) is 0 Å².